The fourth-order valence-corrected chi connectivity index (χ4v) is 11.2. The minimum absolute atomic E-state index is 0.869. The van der Waals surface area contributed by atoms with Gasteiger partial charge in [0.15, 0.2) is 0 Å². The molecule has 1 aliphatic carbocycles. The Balaban J connectivity index is 1.35. The van der Waals surface area contributed by atoms with Crippen molar-refractivity contribution >= 4 is 87.5 Å². The second-order valence-corrected chi connectivity index (χ2v) is 17.1. The summed E-state index contributed by atoms with van der Waals surface area (Å²) in [5.41, 5.74) is 10.4. The highest BCUT2D eigenvalue weighted by Crippen LogP contribution is 2.39. The first-order valence-corrected chi connectivity index (χ1v) is 21.9. The van der Waals surface area contributed by atoms with Gasteiger partial charge in [-0.25, -0.2) is 0 Å². The lowest BCUT2D eigenvalue weighted by atomic mass is 9.95. The van der Waals surface area contributed by atoms with Crippen LogP contribution in [0.2, 0.25) is 0 Å². The van der Waals surface area contributed by atoms with Gasteiger partial charge >= 0.3 is 0 Å². The molecule has 0 unspecified atom stereocenters. The summed E-state index contributed by atoms with van der Waals surface area (Å²) >= 11 is 0. The van der Waals surface area contributed by atoms with Gasteiger partial charge in [0, 0.05) is 64.9 Å². The normalized spacial score (nSPS) is 12.4. The minimum Gasteiger partial charge on any atom is -0.456 e. The zero-order chi connectivity index (χ0) is 41.6. The van der Waals surface area contributed by atoms with Crippen molar-refractivity contribution in [1.29, 1.82) is 0 Å². The molecule has 0 bridgehead atoms. The van der Waals surface area contributed by atoms with Crippen molar-refractivity contribution in [2.75, 3.05) is 0 Å². The molecule has 0 spiro atoms. The van der Waals surface area contributed by atoms with Crippen molar-refractivity contribution in [2.24, 2.45) is 0 Å². The second kappa shape index (κ2) is 12.5. The standard InChI is InChI=1S/C60H34N2O2/c1-3-15-35(16-4-1)61-49-23-11-7-21-41(49)59-51(61)29-27-39-40-28-30-52-60(42-22-8-12-24-50(42)62(52)36-17-5-2-6-18-36)58(40)48-34-56-46(38-20-10-14-26-54(38)64-56)32-44(48)43-31-45-37-19-9-13-25-53(37)63-55(45)33-47(43)57(39)59/h1-34H. The number of hydrogen-bond donors (Lipinski definition) is 0. The number of fused-ring (bicyclic) bond motifs is 18. The van der Waals surface area contributed by atoms with Crippen LogP contribution < -0.4 is 0 Å². The molecule has 0 N–H and O–H groups in total. The number of para-hydroxylation sites is 6. The monoisotopic (exact) mass is 814 g/mol. The summed E-state index contributed by atoms with van der Waals surface area (Å²) in [7, 11) is 0. The van der Waals surface area contributed by atoms with E-state index in [1.807, 2.05) is 0 Å². The maximum Gasteiger partial charge on any atom is 0.136 e. The SMILES string of the molecule is c1ccc(-n2c3ccccc3c3c4c(ccc32)=c2ccc3c(c2=c2cc5oc6ccccc6c5cc2=c2cc5c(cc2=4)oc2ccccc25)c2ccccc2n3-c2ccccc2)cc1. The molecule has 0 saturated heterocycles. The highest BCUT2D eigenvalue weighted by atomic mass is 16.3. The van der Waals surface area contributed by atoms with Gasteiger partial charge in [-0.3, -0.25) is 0 Å². The number of rotatable bonds is 2. The smallest absolute Gasteiger partial charge is 0.136 e. The van der Waals surface area contributed by atoms with Gasteiger partial charge in [-0.2, -0.15) is 0 Å². The zero-order valence-corrected chi connectivity index (χ0v) is 34.3. The molecule has 0 atom stereocenters. The first-order valence-electron chi connectivity index (χ1n) is 21.9. The Morgan fingerprint density at radius 2 is 0.641 bits per heavy atom. The molecule has 1 aliphatic rings. The van der Waals surface area contributed by atoms with Crippen LogP contribution >= 0.6 is 0 Å². The molecule has 4 heteroatoms. The Morgan fingerprint density at radius 1 is 0.250 bits per heavy atom. The quantitative estimate of drug-likeness (QED) is 0.174. The van der Waals surface area contributed by atoms with Crippen LogP contribution in [0.3, 0.4) is 0 Å². The molecule has 0 radical (unpaired) electrons. The average Bonchev–Trinajstić information content (AvgIpc) is 4.10. The topological polar surface area (TPSA) is 36.1 Å². The largest absolute Gasteiger partial charge is 0.456 e. The number of nitrogens with zero attached hydrogens (tertiary/aromatic N) is 2. The van der Waals surface area contributed by atoms with Gasteiger partial charge < -0.3 is 18.0 Å². The summed E-state index contributed by atoms with van der Waals surface area (Å²) in [4.78, 5) is 0. The molecule has 4 heterocycles. The predicted octanol–water partition coefficient (Wildman–Crippen LogP) is 15.1. The van der Waals surface area contributed by atoms with Crippen LogP contribution in [0, 0.1) is 41.7 Å². The zero-order valence-electron chi connectivity index (χ0n) is 34.3. The van der Waals surface area contributed by atoms with Gasteiger partial charge in [-0.15, -0.1) is 0 Å². The molecule has 0 fully saturated rings. The van der Waals surface area contributed by atoms with E-state index in [9.17, 15) is 0 Å². The molecular weight excluding hydrogens is 781 g/mol. The summed E-state index contributed by atoms with van der Waals surface area (Å²) in [6, 6.07) is 75.0. The third kappa shape index (κ3) is 4.46. The van der Waals surface area contributed by atoms with Gasteiger partial charge in [0.05, 0.1) is 22.1 Å². The van der Waals surface area contributed by atoms with Crippen LogP contribution in [0.25, 0.3) is 98.9 Å². The molecule has 0 aliphatic heterocycles. The molecule has 14 aromatic rings. The molecule has 0 saturated carbocycles. The average molecular weight is 815 g/mol. The summed E-state index contributed by atoms with van der Waals surface area (Å²) in [5, 5.41) is 18.5. The molecule has 296 valence electrons. The Hall–Kier alpha value is -8.60. The van der Waals surface area contributed by atoms with E-state index < -0.39 is 0 Å². The van der Waals surface area contributed by atoms with Gasteiger partial charge in [0.1, 0.15) is 22.3 Å². The first-order chi connectivity index (χ1) is 31.8. The maximum atomic E-state index is 6.78. The lowest BCUT2D eigenvalue weighted by Crippen LogP contribution is -1.95. The van der Waals surface area contributed by atoms with Crippen LogP contribution in [0.5, 0.6) is 0 Å². The fourth-order valence-electron chi connectivity index (χ4n) is 11.2. The Bertz CT molecular complexity index is 4470. The van der Waals surface area contributed by atoms with Gasteiger partial charge in [-0.05, 0) is 116 Å². The number of benzene rings is 10. The Labute approximate surface area is 363 Å². The van der Waals surface area contributed by atoms with Crippen LogP contribution in [0.1, 0.15) is 0 Å². The third-order valence-corrected chi connectivity index (χ3v) is 13.9. The van der Waals surface area contributed by atoms with E-state index in [1.54, 1.807) is 0 Å². The summed E-state index contributed by atoms with van der Waals surface area (Å²) in [6.45, 7) is 0. The number of aromatic nitrogens is 2. The van der Waals surface area contributed by atoms with E-state index in [0.717, 1.165) is 87.2 Å². The van der Waals surface area contributed by atoms with Crippen LogP contribution in [0.4, 0.5) is 0 Å². The predicted molar refractivity (Wildman–Crippen MR) is 260 cm³/mol. The van der Waals surface area contributed by atoms with Crippen molar-refractivity contribution in [1.82, 2.24) is 9.13 Å². The Morgan fingerprint density at radius 3 is 1.09 bits per heavy atom. The van der Waals surface area contributed by atoms with Crippen LogP contribution in [-0.4, -0.2) is 9.13 Å². The van der Waals surface area contributed by atoms with Crippen LogP contribution in [0.15, 0.2) is 215 Å². The van der Waals surface area contributed by atoms with Crippen molar-refractivity contribution in [3.63, 3.8) is 0 Å². The van der Waals surface area contributed by atoms with Crippen LogP contribution in [-0.2, 0) is 0 Å². The number of hydrogen-bond acceptors (Lipinski definition) is 2. The maximum absolute atomic E-state index is 6.78. The van der Waals surface area contributed by atoms with E-state index in [4.69, 9.17) is 8.83 Å². The minimum atomic E-state index is 0.869. The highest BCUT2D eigenvalue weighted by Gasteiger charge is 2.20. The summed E-state index contributed by atoms with van der Waals surface area (Å²) < 4.78 is 18.4. The molecule has 64 heavy (non-hydrogen) atoms. The summed E-state index contributed by atoms with van der Waals surface area (Å²) in [5.74, 6) is 0. The van der Waals surface area contributed by atoms with Crippen molar-refractivity contribution in [2.45, 2.75) is 0 Å². The lowest BCUT2D eigenvalue weighted by molar-refractivity contribution is 0.668. The molecule has 4 nitrogen and oxygen atoms in total. The molecule has 15 rings (SSSR count). The van der Waals surface area contributed by atoms with E-state index in [0.29, 0.717) is 0 Å². The van der Waals surface area contributed by atoms with E-state index in [-0.39, 0.29) is 0 Å². The van der Waals surface area contributed by atoms with Gasteiger partial charge in [0.25, 0.3) is 0 Å². The van der Waals surface area contributed by atoms with Crippen molar-refractivity contribution in [3.05, 3.63) is 248 Å². The molecule has 10 aromatic carbocycles. The lowest BCUT2D eigenvalue weighted by Gasteiger charge is -2.09. The number of furan rings is 2. The third-order valence-electron chi connectivity index (χ3n) is 13.9. The van der Waals surface area contributed by atoms with E-state index in [2.05, 4.69) is 215 Å². The highest BCUT2D eigenvalue weighted by molar-refractivity contribution is 6.12. The first kappa shape index (κ1) is 34.0. The molecule has 0 amide bonds. The fraction of sp³-hybridized carbons (Fsp3) is 0. The summed E-state index contributed by atoms with van der Waals surface area (Å²) in [6.07, 6.45) is 0. The Kier molecular flexibility index (Phi) is 6.65. The van der Waals surface area contributed by atoms with E-state index in [1.165, 1.54) is 53.5 Å². The molecule has 4 aromatic heterocycles. The van der Waals surface area contributed by atoms with Crippen molar-refractivity contribution < 1.29 is 8.83 Å². The second-order valence-electron chi connectivity index (χ2n) is 17.1. The van der Waals surface area contributed by atoms with Gasteiger partial charge in [0.2, 0.25) is 0 Å². The van der Waals surface area contributed by atoms with Gasteiger partial charge in [-0.1, -0.05) is 121 Å². The van der Waals surface area contributed by atoms with E-state index >= 15 is 0 Å². The molecular formula is C60H34N2O2. The van der Waals surface area contributed by atoms with Crippen molar-refractivity contribution in [3.8, 4) is 11.4 Å².